The molecule has 4 heterocycles. The number of pyridine rings is 1. The van der Waals surface area contributed by atoms with Crippen LogP contribution in [0, 0.1) is 0 Å². The second kappa shape index (κ2) is 8.52. The number of hydrogen-bond donors (Lipinski definition) is 3. The molecule has 0 bridgehead atoms. The monoisotopic (exact) mass is 451 g/mol. The summed E-state index contributed by atoms with van der Waals surface area (Å²) in [6.07, 6.45) is 6.71. The lowest BCUT2D eigenvalue weighted by Crippen LogP contribution is -2.26. The largest absolute Gasteiger partial charge is 0.417 e. The Hall–Kier alpha value is -3.56. The number of benzene rings is 1. The van der Waals surface area contributed by atoms with Crippen LogP contribution < -0.4 is 20.7 Å². The van der Waals surface area contributed by atoms with Crippen LogP contribution in [0.15, 0.2) is 55.1 Å². The summed E-state index contributed by atoms with van der Waals surface area (Å²) in [5, 5.41) is 8.27. The number of amides is 1. The maximum atomic E-state index is 12.6. The zero-order chi connectivity index (χ0) is 22.1. The number of nitrogens with zero attached hydrogens (tertiary/aromatic N) is 4. The number of carbonyl (C=O) groups is 1. The van der Waals surface area contributed by atoms with Gasteiger partial charge in [0.15, 0.2) is 5.75 Å². The highest BCUT2D eigenvalue weighted by atomic mass is 35.5. The summed E-state index contributed by atoms with van der Waals surface area (Å²) in [6.45, 7) is 2.06. The van der Waals surface area contributed by atoms with Crippen molar-refractivity contribution in [2.45, 2.75) is 19.0 Å². The van der Waals surface area contributed by atoms with Crippen LogP contribution in [0.3, 0.4) is 0 Å². The summed E-state index contributed by atoms with van der Waals surface area (Å²) < 4.78 is 7.14. The zero-order valence-electron chi connectivity index (χ0n) is 17.2. The number of H-pyrrole nitrogens is 1. The molecule has 0 spiro atoms. The summed E-state index contributed by atoms with van der Waals surface area (Å²) in [6, 6.07) is 10.0. The van der Waals surface area contributed by atoms with Crippen molar-refractivity contribution in [3.05, 3.63) is 65.7 Å². The van der Waals surface area contributed by atoms with Gasteiger partial charge in [-0.25, -0.2) is 9.78 Å². The molecule has 0 saturated carbocycles. The zero-order valence-corrected chi connectivity index (χ0v) is 17.9. The summed E-state index contributed by atoms with van der Waals surface area (Å²) in [5.74, 6) is 0.347. The van der Waals surface area contributed by atoms with Crippen molar-refractivity contribution in [1.29, 1.82) is 0 Å². The van der Waals surface area contributed by atoms with E-state index < -0.39 is 6.09 Å². The van der Waals surface area contributed by atoms with E-state index in [0.29, 0.717) is 35.2 Å². The van der Waals surface area contributed by atoms with Crippen LogP contribution >= 0.6 is 11.6 Å². The Morgan fingerprint density at radius 3 is 2.94 bits per heavy atom. The van der Waals surface area contributed by atoms with E-state index >= 15 is 0 Å². The van der Waals surface area contributed by atoms with E-state index in [2.05, 4.69) is 25.3 Å². The Labute approximate surface area is 189 Å². The van der Waals surface area contributed by atoms with E-state index in [9.17, 15) is 4.79 Å². The van der Waals surface area contributed by atoms with Gasteiger partial charge >= 0.3 is 6.09 Å². The molecule has 4 aromatic rings. The Morgan fingerprint density at radius 1 is 1.31 bits per heavy atom. The molecule has 1 atom stereocenters. The molecule has 10 heteroatoms. The minimum atomic E-state index is -0.630. The number of nitrogens with two attached hydrogens (primary N) is 1. The van der Waals surface area contributed by atoms with Crippen LogP contribution in [0.1, 0.15) is 12.0 Å². The second-order valence-corrected chi connectivity index (χ2v) is 8.16. The van der Waals surface area contributed by atoms with Crippen molar-refractivity contribution in [2.24, 2.45) is 5.73 Å². The third-order valence-corrected chi connectivity index (χ3v) is 5.69. The Kier molecular flexibility index (Phi) is 5.42. The molecule has 1 amide bonds. The van der Waals surface area contributed by atoms with Gasteiger partial charge in [-0.2, -0.15) is 5.10 Å². The second-order valence-electron chi connectivity index (χ2n) is 7.75. The van der Waals surface area contributed by atoms with Gasteiger partial charge in [-0.15, -0.1) is 0 Å². The number of anilines is 2. The quantitative estimate of drug-likeness (QED) is 0.427. The lowest BCUT2D eigenvalue weighted by Gasteiger charge is -2.21. The SMILES string of the molecule is N[C@@H]1CCN(c2c(Cl)cnc3[nH]cc(NC(=O)Oc4cnn(Cc5ccccc5)c4)c23)C1. The van der Waals surface area contributed by atoms with Crippen molar-refractivity contribution in [2.75, 3.05) is 23.3 Å². The number of carbonyl (C=O) groups excluding carboxylic acids is 1. The summed E-state index contributed by atoms with van der Waals surface area (Å²) in [5.41, 5.74) is 9.14. The van der Waals surface area contributed by atoms with Gasteiger partial charge in [0.25, 0.3) is 0 Å². The minimum Gasteiger partial charge on any atom is -0.407 e. The Balaban J connectivity index is 1.33. The average Bonchev–Trinajstić information content (AvgIpc) is 3.50. The van der Waals surface area contributed by atoms with Crippen molar-refractivity contribution in [1.82, 2.24) is 19.7 Å². The topological polar surface area (TPSA) is 114 Å². The van der Waals surface area contributed by atoms with Crippen molar-refractivity contribution in [3.8, 4) is 5.75 Å². The van der Waals surface area contributed by atoms with Crippen molar-refractivity contribution in [3.63, 3.8) is 0 Å². The molecule has 0 aliphatic carbocycles. The molecule has 1 aliphatic rings. The fourth-order valence-electron chi connectivity index (χ4n) is 3.95. The number of rotatable bonds is 5. The van der Waals surface area contributed by atoms with Crippen LogP contribution in [0.4, 0.5) is 16.2 Å². The molecular formula is C22H22ClN7O2. The lowest BCUT2D eigenvalue weighted by molar-refractivity contribution is 0.215. The molecule has 0 unspecified atom stereocenters. The molecule has 1 fully saturated rings. The van der Waals surface area contributed by atoms with Gasteiger partial charge in [0.05, 0.1) is 46.9 Å². The van der Waals surface area contributed by atoms with E-state index in [1.165, 1.54) is 6.20 Å². The van der Waals surface area contributed by atoms with E-state index in [0.717, 1.165) is 29.6 Å². The van der Waals surface area contributed by atoms with Crippen LogP contribution in [0.5, 0.6) is 5.75 Å². The highest BCUT2D eigenvalue weighted by molar-refractivity contribution is 6.35. The number of ether oxygens (including phenoxy) is 1. The van der Waals surface area contributed by atoms with Crippen LogP contribution in [-0.2, 0) is 6.54 Å². The fraction of sp³-hybridized carbons (Fsp3) is 0.227. The number of fused-ring (bicyclic) bond motifs is 1. The highest BCUT2D eigenvalue weighted by Gasteiger charge is 2.25. The number of hydrogen-bond acceptors (Lipinski definition) is 6. The first-order chi connectivity index (χ1) is 15.6. The molecule has 0 radical (unpaired) electrons. The average molecular weight is 452 g/mol. The molecule has 1 saturated heterocycles. The predicted molar refractivity (Wildman–Crippen MR) is 123 cm³/mol. The first kappa shape index (κ1) is 20.3. The molecule has 4 N–H and O–H groups in total. The van der Waals surface area contributed by atoms with Gasteiger partial charge in [0, 0.05) is 25.3 Å². The third kappa shape index (κ3) is 4.12. The molecule has 1 aromatic carbocycles. The van der Waals surface area contributed by atoms with Gasteiger partial charge in [-0.1, -0.05) is 41.9 Å². The molecule has 164 valence electrons. The summed E-state index contributed by atoms with van der Waals surface area (Å²) in [7, 11) is 0. The number of halogens is 1. The van der Waals surface area contributed by atoms with Crippen LogP contribution in [-0.4, -0.2) is 45.0 Å². The number of nitrogens with one attached hydrogen (secondary N) is 2. The smallest absolute Gasteiger partial charge is 0.407 e. The lowest BCUT2D eigenvalue weighted by atomic mass is 10.2. The number of aromatic nitrogens is 4. The molecule has 3 aromatic heterocycles. The predicted octanol–water partition coefficient (Wildman–Crippen LogP) is 3.61. The fourth-order valence-corrected chi connectivity index (χ4v) is 4.21. The summed E-state index contributed by atoms with van der Waals surface area (Å²) >= 11 is 6.48. The summed E-state index contributed by atoms with van der Waals surface area (Å²) in [4.78, 5) is 22.1. The number of aromatic amines is 1. The molecule has 32 heavy (non-hydrogen) atoms. The molecular weight excluding hydrogens is 430 g/mol. The first-order valence-corrected chi connectivity index (χ1v) is 10.7. The van der Waals surface area contributed by atoms with Gasteiger partial charge in [0.1, 0.15) is 5.65 Å². The van der Waals surface area contributed by atoms with Gasteiger partial charge in [-0.3, -0.25) is 10.00 Å². The minimum absolute atomic E-state index is 0.0852. The highest BCUT2D eigenvalue weighted by Crippen LogP contribution is 2.38. The van der Waals surface area contributed by atoms with E-state index in [1.807, 2.05) is 30.3 Å². The Morgan fingerprint density at radius 2 is 2.16 bits per heavy atom. The van der Waals surface area contributed by atoms with Gasteiger partial charge in [0.2, 0.25) is 0 Å². The molecule has 5 rings (SSSR count). The maximum absolute atomic E-state index is 12.6. The van der Waals surface area contributed by atoms with Gasteiger partial charge in [-0.05, 0) is 12.0 Å². The first-order valence-electron chi connectivity index (χ1n) is 10.3. The van der Waals surface area contributed by atoms with Crippen LogP contribution in [0.25, 0.3) is 11.0 Å². The third-order valence-electron chi connectivity index (χ3n) is 5.41. The van der Waals surface area contributed by atoms with E-state index in [4.69, 9.17) is 22.1 Å². The molecule has 9 nitrogen and oxygen atoms in total. The van der Waals surface area contributed by atoms with Crippen molar-refractivity contribution >= 4 is 40.1 Å². The normalized spacial score (nSPS) is 15.9. The van der Waals surface area contributed by atoms with Crippen LogP contribution in [0.2, 0.25) is 5.02 Å². The van der Waals surface area contributed by atoms with E-state index in [-0.39, 0.29) is 6.04 Å². The van der Waals surface area contributed by atoms with E-state index in [1.54, 1.807) is 23.3 Å². The molecule has 1 aliphatic heterocycles. The standard InChI is InChI=1S/C22H22ClN7O2/c23-17-9-25-21-19(20(17)29-7-6-15(24)12-29)18(10-26-21)28-22(31)32-16-8-27-30(13-16)11-14-4-2-1-3-5-14/h1-5,8-10,13,15H,6-7,11-12,24H2,(H,25,26)(H,28,31)/t15-/m1/s1. The van der Waals surface area contributed by atoms with Crippen molar-refractivity contribution < 1.29 is 9.53 Å². The maximum Gasteiger partial charge on any atom is 0.417 e. The Bertz CT molecular complexity index is 1250. The van der Waals surface area contributed by atoms with Gasteiger partial charge < -0.3 is 20.4 Å².